The van der Waals surface area contributed by atoms with E-state index in [2.05, 4.69) is 88.8 Å². The lowest BCUT2D eigenvalue weighted by Crippen LogP contribution is -2.37. The number of aliphatic imine (C=N–C) groups is 1. The van der Waals surface area contributed by atoms with Gasteiger partial charge in [0.2, 0.25) is 11.9 Å². The maximum Gasteiger partial charge on any atom is 0.217 e. The molecule has 3 aromatic rings. The number of aromatic nitrogens is 2. The van der Waals surface area contributed by atoms with Gasteiger partial charge in [-0.2, -0.15) is 0 Å². The van der Waals surface area contributed by atoms with Gasteiger partial charge in [0.25, 0.3) is 0 Å². The van der Waals surface area contributed by atoms with Crippen molar-refractivity contribution < 1.29 is 9.53 Å². The molecule has 2 aromatic carbocycles. The number of anilines is 2. The summed E-state index contributed by atoms with van der Waals surface area (Å²) in [5.41, 5.74) is 14.8. The minimum Gasteiger partial charge on any atom is -0.379 e. The number of ether oxygens (including phenoxy) is 1. The van der Waals surface area contributed by atoms with Gasteiger partial charge in [-0.15, -0.1) is 0 Å². The minimum absolute atomic E-state index is 0.251. The molecule has 10 nitrogen and oxygen atoms in total. The smallest absolute Gasteiger partial charge is 0.217 e. The van der Waals surface area contributed by atoms with Gasteiger partial charge in [-0.3, -0.25) is 14.7 Å². The second-order valence-electron chi connectivity index (χ2n) is 13.2. The van der Waals surface area contributed by atoms with Crippen LogP contribution in [0.3, 0.4) is 0 Å². The van der Waals surface area contributed by atoms with Crippen LogP contribution in [0.5, 0.6) is 0 Å². The Balaban J connectivity index is 0.000000565. The first-order chi connectivity index (χ1) is 23.4. The highest BCUT2D eigenvalue weighted by molar-refractivity contribution is 6.39. The Kier molecular flexibility index (Phi) is 16.0. The van der Waals surface area contributed by atoms with Crippen molar-refractivity contribution in [1.29, 1.82) is 5.41 Å². The average Bonchev–Trinajstić information content (AvgIpc) is 3.43. The quantitative estimate of drug-likeness (QED) is 0.107. The van der Waals surface area contributed by atoms with Crippen LogP contribution in [0.25, 0.3) is 11.0 Å². The number of rotatable bonds is 16. The van der Waals surface area contributed by atoms with Crippen LogP contribution in [-0.2, 0) is 16.1 Å². The van der Waals surface area contributed by atoms with Crippen molar-refractivity contribution in [3.8, 4) is 0 Å². The first kappa shape index (κ1) is 39.4. The summed E-state index contributed by atoms with van der Waals surface area (Å²) < 4.78 is 7.83. The van der Waals surface area contributed by atoms with E-state index < -0.39 is 0 Å². The van der Waals surface area contributed by atoms with Crippen LogP contribution in [0.1, 0.15) is 90.0 Å². The van der Waals surface area contributed by atoms with Gasteiger partial charge in [-0.1, -0.05) is 25.1 Å². The lowest BCUT2D eigenvalue weighted by Gasteiger charge is -2.26. The first-order valence-electron chi connectivity index (χ1n) is 17.8. The highest BCUT2D eigenvalue weighted by atomic mass is 16.5. The van der Waals surface area contributed by atoms with Crippen LogP contribution in [0.4, 0.5) is 11.6 Å². The van der Waals surface area contributed by atoms with Gasteiger partial charge >= 0.3 is 0 Å². The number of nitrogens with one attached hydrogen (secondary N) is 2. The average molecular weight is 673 g/mol. The third-order valence-electron chi connectivity index (χ3n) is 8.92. The molecule has 2 heterocycles. The maximum absolute atomic E-state index is 11.4. The zero-order valence-corrected chi connectivity index (χ0v) is 31.2. The third kappa shape index (κ3) is 12.7. The molecule has 0 spiro atoms. The second kappa shape index (κ2) is 19.8. The van der Waals surface area contributed by atoms with Crippen LogP contribution < -0.4 is 16.0 Å². The topological polar surface area (TPSA) is 125 Å². The number of hydrogen-bond donors (Lipinski definition) is 3. The fourth-order valence-corrected chi connectivity index (χ4v) is 5.83. The van der Waals surface area contributed by atoms with Gasteiger partial charge in [-0.05, 0) is 115 Å². The Labute approximate surface area is 294 Å². The van der Waals surface area contributed by atoms with Crippen molar-refractivity contribution in [2.24, 2.45) is 10.7 Å². The number of carbonyl (C=O) groups is 1. The molecule has 1 amide bonds. The lowest BCUT2D eigenvalue weighted by atomic mass is 10.1. The fourth-order valence-electron chi connectivity index (χ4n) is 5.83. The normalized spacial score (nSPS) is 14.7. The molecule has 49 heavy (non-hydrogen) atoms. The molecule has 0 bridgehead atoms. The summed E-state index contributed by atoms with van der Waals surface area (Å²) in [6.07, 6.45) is 5.15. The van der Waals surface area contributed by atoms with E-state index in [0.29, 0.717) is 18.2 Å². The summed E-state index contributed by atoms with van der Waals surface area (Å²) in [4.78, 5) is 25.4. The number of amides is 1. The van der Waals surface area contributed by atoms with Gasteiger partial charge in [0, 0.05) is 62.3 Å². The molecule has 1 atom stereocenters. The Hall–Kier alpha value is -4.02. The zero-order chi connectivity index (χ0) is 35.9. The van der Waals surface area contributed by atoms with E-state index in [1.54, 1.807) is 6.92 Å². The molecule has 10 heteroatoms. The number of aryl methyl sites for hydroxylation is 2. The number of hydrogen-bond acceptors (Lipinski definition) is 8. The zero-order valence-electron chi connectivity index (χ0n) is 31.2. The van der Waals surface area contributed by atoms with Gasteiger partial charge < -0.3 is 30.7 Å². The fraction of sp³-hybridized carbons (Fsp3) is 0.538. The van der Waals surface area contributed by atoms with Crippen molar-refractivity contribution in [2.75, 3.05) is 56.2 Å². The highest BCUT2D eigenvalue weighted by Gasteiger charge is 2.17. The second-order valence-corrected chi connectivity index (χ2v) is 13.2. The SMILES string of the molecule is C/C=C(\C)N=C(C)C(C)=N.CCC(C)n1c(NCCCN2CCOCC2)nc2ccc(CN(CCCC(N)=O)c3cc(C)cc(C)c3)cc21. The van der Waals surface area contributed by atoms with E-state index in [0.717, 1.165) is 100 Å². The van der Waals surface area contributed by atoms with E-state index in [4.69, 9.17) is 20.9 Å². The summed E-state index contributed by atoms with van der Waals surface area (Å²) in [6.45, 7) is 23.4. The molecule has 1 fully saturated rings. The van der Waals surface area contributed by atoms with E-state index in [9.17, 15) is 4.79 Å². The summed E-state index contributed by atoms with van der Waals surface area (Å²) in [6, 6.07) is 13.6. The summed E-state index contributed by atoms with van der Waals surface area (Å²) in [7, 11) is 0. The molecule has 268 valence electrons. The number of nitrogens with two attached hydrogens (primary N) is 1. The van der Waals surface area contributed by atoms with Gasteiger partial charge in [0.15, 0.2) is 0 Å². The van der Waals surface area contributed by atoms with E-state index >= 15 is 0 Å². The van der Waals surface area contributed by atoms with Crippen molar-refractivity contribution in [3.05, 3.63) is 64.9 Å². The van der Waals surface area contributed by atoms with Gasteiger partial charge in [0.05, 0.1) is 30.0 Å². The first-order valence-corrected chi connectivity index (χ1v) is 17.8. The number of primary amides is 1. The van der Waals surface area contributed by atoms with Crippen molar-refractivity contribution in [1.82, 2.24) is 14.5 Å². The number of imidazole rings is 1. The Bertz CT molecular complexity index is 1560. The van der Waals surface area contributed by atoms with Crippen molar-refractivity contribution >= 4 is 40.0 Å². The summed E-state index contributed by atoms with van der Waals surface area (Å²) >= 11 is 0. The Morgan fingerprint density at radius 3 is 2.43 bits per heavy atom. The van der Waals surface area contributed by atoms with Crippen LogP contribution >= 0.6 is 0 Å². The molecule has 1 unspecified atom stereocenters. The standard InChI is InChI=1S/C31H46N6O2.C8H14N2/c1-5-25(4)37-29-21-26(22-36(13-6-8-30(32)38)27-19-23(2)18-24(3)20-27)9-10-28(29)34-31(37)33-11-7-12-35-14-16-39-17-15-35;1-5-6(2)10-8(4)7(3)9/h9-10,18-21,25H,5-8,11-17,22H2,1-4H3,(H2,32,38)(H,33,34);5,9H,1-4H3/b;6-5+,9-7?,10-8?. The molecular weight excluding hydrogens is 612 g/mol. The van der Waals surface area contributed by atoms with Crippen LogP contribution in [0.15, 0.2) is 53.2 Å². The van der Waals surface area contributed by atoms with Crippen molar-refractivity contribution in [2.45, 2.75) is 93.7 Å². The molecule has 1 aliphatic heterocycles. The monoisotopic (exact) mass is 672 g/mol. The summed E-state index contributed by atoms with van der Waals surface area (Å²) in [5.74, 6) is 0.699. The van der Waals surface area contributed by atoms with Crippen LogP contribution in [0, 0.1) is 19.3 Å². The predicted octanol–water partition coefficient (Wildman–Crippen LogP) is 7.44. The molecule has 1 saturated heterocycles. The molecule has 0 aliphatic carbocycles. The molecule has 1 aromatic heterocycles. The highest BCUT2D eigenvalue weighted by Crippen LogP contribution is 2.29. The van der Waals surface area contributed by atoms with E-state index in [1.165, 1.54) is 22.4 Å². The number of morpholine rings is 1. The number of allylic oxidation sites excluding steroid dienone is 2. The molecule has 4 rings (SSSR count). The lowest BCUT2D eigenvalue weighted by molar-refractivity contribution is -0.118. The van der Waals surface area contributed by atoms with Crippen molar-refractivity contribution in [3.63, 3.8) is 0 Å². The number of nitrogens with zero attached hydrogens (tertiary/aromatic N) is 5. The molecule has 0 radical (unpaired) electrons. The number of carbonyl (C=O) groups excluding carboxylic acids is 1. The Morgan fingerprint density at radius 2 is 1.82 bits per heavy atom. The van der Waals surface area contributed by atoms with E-state index in [1.807, 2.05) is 26.8 Å². The van der Waals surface area contributed by atoms with Crippen LogP contribution in [0.2, 0.25) is 0 Å². The molecular formula is C39H60N8O2. The number of fused-ring (bicyclic) bond motifs is 1. The molecule has 1 aliphatic rings. The molecule has 4 N–H and O–H groups in total. The minimum atomic E-state index is -0.251. The largest absolute Gasteiger partial charge is 0.379 e. The predicted molar refractivity (Wildman–Crippen MR) is 206 cm³/mol. The third-order valence-corrected chi connectivity index (χ3v) is 8.92. The Morgan fingerprint density at radius 1 is 1.12 bits per heavy atom. The van der Waals surface area contributed by atoms with Gasteiger partial charge in [0.1, 0.15) is 0 Å². The van der Waals surface area contributed by atoms with E-state index in [-0.39, 0.29) is 5.91 Å². The van der Waals surface area contributed by atoms with Crippen LogP contribution in [-0.4, -0.2) is 77.7 Å². The molecule has 0 saturated carbocycles. The maximum atomic E-state index is 11.4. The number of benzene rings is 2. The van der Waals surface area contributed by atoms with Gasteiger partial charge in [-0.25, -0.2) is 4.98 Å². The summed E-state index contributed by atoms with van der Waals surface area (Å²) in [5, 5.41) is 10.8.